The summed E-state index contributed by atoms with van der Waals surface area (Å²) in [5, 5.41) is 17.6. The number of hydrogen-bond acceptors (Lipinski definition) is 4. The first kappa shape index (κ1) is 15.6. The van der Waals surface area contributed by atoms with Crippen LogP contribution in [0.25, 0.3) is 0 Å². The second-order valence-corrected chi connectivity index (χ2v) is 5.80. The van der Waals surface area contributed by atoms with Crippen molar-refractivity contribution in [1.29, 1.82) is 0 Å². The van der Waals surface area contributed by atoms with E-state index in [9.17, 15) is 13.2 Å². The van der Waals surface area contributed by atoms with Crippen LogP contribution in [0.5, 0.6) is 0 Å². The van der Waals surface area contributed by atoms with Crippen LogP contribution in [0.2, 0.25) is 0 Å². The Kier molecular flexibility index (Phi) is 5.46. The number of carbonyl (C=O) groups is 1. The van der Waals surface area contributed by atoms with Crippen LogP contribution in [0.1, 0.15) is 28.8 Å². The van der Waals surface area contributed by atoms with Crippen molar-refractivity contribution in [2.45, 2.75) is 24.7 Å². The molecule has 0 fully saturated rings. The number of carboxylic acid groups (broad SMARTS) is 1. The summed E-state index contributed by atoms with van der Waals surface area (Å²) in [5.74, 6) is -1.16. The van der Waals surface area contributed by atoms with Gasteiger partial charge in [0.15, 0.2) is 0 Å². The van der Waals surface area contributed by atoms with Crippen molar-refractivity contribution in [3.63, 3.8) is 0 Å². The Balaban J connectivity index is 2.96. The number of rotatable bonds is 7. The molecule has 7 heteroatoms. The predicted molar refractivity (Wildman–Crippen MR) is 69.6 cm³/mol. The average molecular weight is 287 g/mol. The van der Waals surface area contributed by atoms with Gasteiger partial charge < -0.3 is 10.2 Å². The molecule has 0 amide bonds. The number of aromatic carboxylic acids is 1. The first-order valence-electron chi connectivity index (χ1n) is 5.83. The van der Waals surface area contributed by atoms with E-state index >= 15 is 0 Å². The lowest BCUT2D eigenvalue weighted by Gasteiger charge is -2.10. The fourth-order valence-corrected chi connectivity index (χ4v) is 3.00. The number of aliphatic hydroxyl groups is 1. The largest absolute Gasteiger partial charge is 0.478 e. The van der Waals surface area contributed by atoms with E-state index in [-0.39, 0.29) is 29.2 Å². The Morgan fingerprint density at radius 3 is 2.58 bits per heavy atom. The van der Waals surface area contributed by atoms with E-state index in [0.717, 1.165) is 0 Å². The average Bonchev–Trinajstić information content (AvgIpc) is 2.34. The molecule has 0 aliphatic rings. The summed E-state index contributed by atoms with van der Waals surface area (Å²) in [6.45, 7) is 1.68. The molecule has 1 aromatic rings. The molecule has 0 aromatic heterocycles. The minimum Gasteiger partial charge on any atom is -0.478 e. The highest BCUT2D eigenvalue weighted by molar-refractivity contribution is 7.89. The molecule has 0 atom stereocenters. The topological polar surface area (TPSA) is 104 Å². The maximum atomic E-state index is 12.0. The van der Waals surface area contributed by atoms with Gasteiger partial charge in [-0.2, -0.15) is 0 Å². The summed E-state index contributed by atoms with van der Waals surface area (Å²) >= 11 is 0. The first-order chi connectivity index (χ1) is 8.90. The van der Waals surface area contributed by atoms with Crippen LogP contribution >= 0.6 is 0 Å². The van der Waals surface area contributed by atoms with E-state index in [2.05, 4.69) is 4.72 Å². The Labute approximate surface area is 112 Å². The molecule has 0 radical (unpaired) electrons. The van der Waals surface area contributed by atoms with E-state index < -0.39 is 16.0 Å². The Morgan fingerprint density at radius 2 is 2.00 bits per heavy atom. The highest BCUT2D eigenvalue weighted by Gasteiger charge is 2.19. The smallest absolute Gasteiger partial charge is 0.335 e. The van der Waals surface area contributed by atoms with Gasteiger partial charge in [-0.05, 0) is 37.5 Å². The van der Waals surface area contributed by atoms with Crippen LogP contribution in [0.15, 0.2) is 23.1 Å². The second-order valence-electron chi connectivity index (χ2n) is 4.06. The van der Waals surface area contributed by atoms with E-state index in [0.29, 0.717) is 12.8 Å². The maximum absolute atomic E-state index is 12.0. The zero-order valence-electron chi connectivity index (χ0n) is 10.6. The van der Waals surface area contributed by atoms with Crippen LogP contribution in [-0.4, -0.2) is 37.8 Å². The molecule has 0 heterocycles. The number of unbranched alkanes of at least 4 members (excludes halogenated alkanes) is 1. The van der Waals surface area contributed by atoms with E-state index in [1.807, 2.05) is 0 Å². The molecule has 0 aliphatic carbocycles. The second kappa shape index (κ2) is 6.65. The minimum absolute atomic E-state index is 0.00918. The van der Waals surface area contributed by atoms with E-state index in [1.165, 1.54) is 25.1 Å². The van der Waals surface area contributed by atoms with Crippen LogP contribution in [-0.2, 0) is 10.0 Å². The van der Waals surface area contributed by atoms with Gasteiger partial charge in [0.25, 0.3) is 0 Å². The molecule has 19 heavy (non-hydrogen) atoms. The molecule has 1 rings (SSSR count). The number of benzene rings is 1. The molecule has 0 spiro atoms. The highest BCUT2D eigenvalue weighted by Crippen LogP contribution is 2.18. The van der Waals surface area contributed by atoms with Crippen LogP contribution in [0.4, 0.5) is 0 Å². The highest BCUT2D eigenvalue weighted by atomic mass is 32.2. The van der Waals surface area contributed by atoms with Crippen molar-refractivity contribution in [3.8, 4) is 0 Å². The zero-order valence-corrected chi connectivity index (χ0v) is 11.4. The lowest BCUT2D eigenvalue weighted by atomic mass is 10.1. The molecule has 0 saturated heterocycles. The number of hydrogen-bond donors (Lipinski definition) is 3. The van der Waals surface area contributed by atoms with Crippen molar-refractivity contribution in [2.75, 3.05) is 13.2 Å². The lowest BCUT2D eigenvalue weighted by Crippen LogP contribution is -2.26. The Hall–Kier alpha value is -1.44. The van der Waals surface area contributed by atoms with Crippen LogP contribution in [0.3, 0.4) is 0 Å². The molecular formula is C12H17NO5S. The van der Waals surface area contributed by atoms with Crippen molar-refractivity contribution in [3.05, 3.63) is 29.3 Å². The molecule has 0 aliphatic heterocycles. The molecule has 1 aromatic carbocycles. The van der Waals surface area contributed by atoms with Gasteiger partial charge >= 0.3 is 5.97 Å². The predicted octanol–water partition coefficient (Wildman–Crippen LogP) is 0.744. The minimum atomic E-state index is -3.72. The number of nitrogens with one attached hydrogen (secondary N) is 1. The standard InChI is InChI=1S/C12H17NO5S/c1-9-10(12(15)16)5-4-6-11(9)19(17,18)13-7-2-3-8-14/h4-6,13-14H,2-3,7-8H2,1H3,(H,15,16). The van der Waals surface area contributed by atoms with Gasteiger partial charge in [-0.25, -0.2) is 17.9 Å². The van der Waals surface area contributed by atoms with Gasteiger partial charge in [-0.15, -0.1) is 0 Å². The summed E-state index contributed by atoms with van der Waals surface area (Å²) in [7, 11) is -3.72. The fourth-order valence-electron chi connectivity index (χ4n) is 1.66. The SMILES string of the molecule is Cc1c(C(=O)O)cccc1S(=O)(=O)NCCCCO. The Bertz CT molecular complexity index is 553. The molecule has 106 valence electrons. The normalized spacial score (nSPS) is 11.5. The lowest BCUT2D eigenvalue weighted by molar-refractivity contribution is 0.0696. The van der Waals surface area contributed by atoms with Crippen molar-refractivity contribution in [2.24, 2.45) is 0 Å². The zero-order chi connectivity index (χ0) is 14.5. The molecule has 0 unspecified atom stereocenters. The third kappa shape index (κ3) is 4.02. The third-order valence-corrected chi connectivity index (χ3v) is 4.29. The third-order valence-electron chi connectivity index (χ3n) is 2.68. The number of aliphatic hydroxyl groups excluding tert-OH is 1. The van der Waals surface area contributed by atoms with Gasteiger partial charge in [0.2, 0.25) is 10.0 Å². The van der Waals surface area contributed by atoms with Gasteiger partial charge in [-0.1, -0.05) is 6.07 Å². The summed E-state index contributed by atoms with van der Waals surface area (Å²) in [6, 6.07) is 4.14. The summed E-state index contributed by atoms with van der Waals surface area (Å²) in [6.07, 6.45) is 1.03. The van der Waals surface area contributed by atoms with Gasteiger partial charge in [0, 0.05) is 13.2 Å². The Morgan fingerprint density at radius 1 is 1.32 bits per heavy atom. The van der Waals surface area contributed by atoms with E-state index in [1.54, 1.807) is 0 Å². The molecular weight excluding hydrogens is 270 g/mol. The van der Waals surface area contributed by atoms with E-state index in [4.69, 9.17) is 10.2 Å². The number of sulfonamides is 1. The quantitative estimate of drug-likeness (QED) is 0.642. The fraction of sp³-hybridized carbons (Fsp3) is 0.417. The van der Waals surface area contributed by atoms with Crippen LogP contribution in [0, 0.1) is 6.92 Å². The van der Waals surface area contributed by atoms with Gasteiger partial charge in [0.1, 0.15) is 0 Å². The summed E-state index contributed by atoms with van der Waals surface area (Å²) < 4.78 is 26.4. The first-order valence-corrected chi connectivity index (χ1v) is 7.32. The monoisotopic (exact) mass is 287 g/mol. The molecule has 3 N–H and O–H groups in total. The molecule has 0 saturated carbocycles. The van der Waals surface area contributed by atoms with Crippen LogP contribution < -0.4 is 4.72 Å². The van der Waals surface area contributed by atoms with Crippen molar-refractivity contribution in [1.82, 2.24) is 4.72 Å². The van der Waals surface area contributed by atoms with Gasteiger partial charge in [-0.3, -0.25) is 0 Å². The van der Waals surface area contributed by atoms with Crippen molar-refractivity contribution < 1.29 is 23.4 Å². The maximum Gasteiger partial charge on any atom is 0.335 e. The summed E-state index contributed by atoms with van der Waals surface area (Å²) in [4.78, 5) is 10.9. The summed E-state index contributed by atoms with van der Waals surface area (Å²) in [5.41, 5.74) is 0.183. The molecule has 6 nitrogen and oxygen atoms in total. The molecule has 0 bridgehead atoms. The number of carboxylic acids is 1. The van der Waals surface area contributed by atoms with Crippen molar-refractivity contribution >= 4 is 16.0 Å². The van der Waals surface area contributed by atoms with Gasteiger partial charge in [0.05, 0.1) is 10.5 Å².